The number of nitrogens with two attached hydrogens (primary N) is 1. The average molecular weight is 542 g/mol. The van der Waals surface area contributed by atoms with Crippen LogP contribution in [0.5, 0.6) is 0 Å². The van der Waals surface area contributed by atoms with Gasteiger partial charge in [0.1, 0.15) is 28.8 Å². The normalized spacial score (nSPS) is 12.3. The summed E-state index contributed by atoms with van der Waals surface area (Å²) in [6.45, 7) is 2.00. The van der Waals surface area contributed by atoms with Crippen molar-refractivity contribution in [2.45, 2.75) is 44.9 Å². The predicted molar refractivity (Wildman–Crippen MR) is 135 cm³/mol. The number of aryl methyl sites for hydroxylation is 1. The van der Waals surface area contributed by atoms with Gasteiger partial charge in [-0.1, -0.05) is 6.92 Å². The molecule has 3 heterocycles. The Morgan fingerprint density at radius 3 is 2.69 bits per heavy atom. The highest BCUT2D eigenvalue weighted by molar-refractivity contribution is 5.86. The zero-order valence-corrected chi connectivity index (χ0v) is 20.5. The number of nitriles is 1. The molecule has 0 saturated heterocycles. The summed E-state index contributed by atoms with van der Waals surface area (Å²) in [6, 6.07) is 5.53. The van der Waals surface area contributed by atoms with E-state index in [1.54, 1.807) is 18.1 Å². The third kappa shape index (κ3) is 5.71. The lowest BCUT2D eigenvalue weighted by atomic mass is 10.1. The molecule has 4 N–H and O–H groups in total. The fraction of sp³-hybridized carbons (Fsp3) is 0.280. The first kappa shape index (κ1) is 27.2. The lowest BCUT2D eigenvalue weighted by molar-refractivity contribution is -0.138. The zero-order chi connectivity index (χ0) is 28.3. The fourth-order valence-corrected chi connectivity index (χ4v) is 4.16. The molecule has 0 fully saturated rings. The Kier molecular flexibility index (Phi) is 7.61. The molecule has 0 amide bonds. The molecule has 0 saturated carbocycles. The summed E-state index contributed by atoms with van der Waals surface area (Å²) in [5, 5.41) is 17.5. The Balaban J connectivity index is 1.51. The van der Waals surface area contributed by atoms with Gasteiger partial charge in [0.15, 0.2) is 5.82 Å². The number of hydrogen-bond donors (Lipinski definition) is 3. The van der Waals surface area contributed by atoms with Crippen molar-refractivity contribution in [1.82, 2.24) is 24.7 Å². The molecule has 0 aliphatic heterocycles. The number of rotatable bonds is 8. The lowest BCUT2D eigenvalue weighted by Gasteiger charge is -2.20. The molecule has 0 aliphatic rings. The number of aromatic nitrogens is 5. The van der Waals surface area contributed by atoms with Crippen molar-refractivity contribution >= 4 is 22.3 Å². The van der Waals surface area contributed by atoms with E-state index < -0.39 is 40.4 Å². The Bertz CT molecular complexity index is 1690. The van der Waals surface area contributed by atoms with Crippen LogP contribution in [0.15, 0.2) is 46.4 Å². The van der Waals surface area contributed by atoms with E-state index in [2.05, 4.69) is 20.4 Å². The monoisotopic (exact) mass is 542 g/mol. The summed E-state index contributed by atoms with van der Waals surface area (Å²) < 4.78 is 56.3. The van der Waals surface area contributed by atoms with Crippen molar-refractivity contribution in [3.05, 3.63) is 74.4 Å². The molecule has 0 aliphatic carbocycles. The van der Waals surface area contributed by atoms with E-state index in [-0.39, 0.29) is 34.7 Å². The minimum Gasteiger partial charge on any atom is -0.382 e. The fourth-order valence-electron chi connectivity index (χ4n) is 4.16. The zero-order valence-electron chi connectivity index (χ0n) is 20.5. The van der Waals surface area contributed by atoms with E-state index in [9.17, 15) is 27.2 Å². The molecule has 10 nitrogen and oxygen atoms in total. The molecular weight excluding hydrogens is 520 g/mol. The average Bonchev–Trinajstić information content (AvgIpc) is 2.88. The highest BCUT2D eigenvalue weighted by atomic mass is 19.4. The van der Waals surface area contributed by atoms with E-state index in [1.165, 1.54) is 23.0 Å². The largest absolute Gasteiger partial charge is 0.423 e. The van der Waals surface area contributed by atoms with E-state index in [1.807, 2.05) is 6.07 Å². The van der Waals surface area contributed by atoms with Crippen LogP contribution in [0.25, 0.3) is 22.2 Å². The molecule has 3 aromatic heterocycles. The van der Waals surface area contributed by atoms with Crippen molar-refractivity contribution in [3.8, 4) is 17.5 Å². The first-order valence-electron chi connectivity index (χ1n) is 11.8. The van der Waals surface area contributed by atoms with Gasteiger partial charge in [0, 0.05) is 18.8 Å². The maximum Gasteiger partial charge on any atom is 0.423 e. The molecule has 4 rings (SSSR count). The number of halogens is 4. The quantitative estimate of drug-likeness (QED) is 0.284. The van der Waals surface area contributed by atoms with Crippen LogP contribution in [0.3, 0.4) is 0 Å². The standard InChI is InChI=1S/C25H22F4N8O2/c1-2-15(34-19-12-33-36-23(38)20(19)25(27,28)29)4-3-6-37-7-5-13-8-17(18(26)9-16(13)24(37)39)22-32-11-14(10-30)21(31)35-22/h5,7-9,11-12,15H,2-4,6H2,1H3,(H2,31,32,35)(H2,34,36,38)/t15-/m0/s1. The van der Waals surface area contributed by atoms with Gasteiger partial charge >= 0.3 is 6.18 Å². The van der Waals surface area contributed by atoms with Crippen LogP contribution >= 0.6 is 0 Å². The minimum absolute atomic E-state index is 0.0140. The Hall–Kier alpha value is -4.80. The van der Waals surface area contributed by atoms with Gasteiger partial charge in [-0.25, -0.2) is 19.5 Å². The van der Waals surface area contributed by atoms with Crippen molar-refractivity contribution in [2.24, 2.45) is 0 Å². The van der Waals surface area contributed by atoms with Crippen LogP contribution < -0.4 is 22.2 Å². The first-order valence-corrected chi connectivity index (χ1v) is 11.8. The maximum atomic E-state index is 14.9. The van der Waals surface area contributed by atoms with E-state index in [0.717, 1.165) is 12.3 Å². The van der Waals surface area contributed by atoms with Crippen LogP contribution in [0.1, 0.15) is 37.3 Å². The van der Waals surface area contributed by atoms with Crippen LogP contribution in [0.4, 0.5) is 29.1 Å². The first-order chi connectivity index (χ1) is 18.5. The number of fused-ring (bicyclic) bond motifs is 1. The molecule has 202 valence electrons. The van der Waals surface area contributed by atoms with Crippen molar-refractivity contribution in [2.75, 3.05) is 11.1 Å². The highest BCUT2D eigenvalue weighted by Crippen LogP contribution is 2.32. The predicted octanol–water partition coefficient (Wildman–Crippen LogP) is 3.82. The number of pyridine rings is 1. The molecule has 0 radical (unpaired) electrons. The lowest BCUT2D eigenvalue weighted by Crippen LogP contribution is -2.28. The summed E-state index contributed by atoms with van der Waals surface area (Å²) in [6.07, 6.45) is 0.0334. The third-order valence-corrected chi connectivity index (χ3v) is 6.19. The van der Waals surface area contributed by atoms with Gasteiger partial charge in [-0.3, -0.25) is 9.59 Å². The molecule has 1 aromatic carbocycles. The van der Waals surface area contributed by atoms with Gasteiger partial charge in [-0.15, -0.1) is 0 Å². The van der Waals surface area contributed by atoms with Crippen molar-refractivity contribution < 1.29 is 17.6 Å². The summed E-state index contributed by atoms with van der Waals surface area (Å²) in [4.78, 5) is 32.7. The van der Waals surface area contributed by atoms with E-state index in [4.69, 9.17) is 11.0 Å². The van der Waals surface area contributed by atoms with Crippen LogP contribution in [0.2, 0.25) is 0 Å². The summed E-state index contributed by atoms with van der Waals surface area (Å²) >= 11 is 0. The minimum atomic E-state index is -4.86. The molecule has 4 aromatic rings. The Morgan fingerprint density at radius 2 is 2.03 bits per heavy atom. The van der Waals surface area contributed by atoms with Gasteiger partial charge in [-0.05, 0) is 42.8 Å². The number of alkyl halides is 3. The number of H-pyrrole nitrogens is 1. The van der Waals surface area contributed by atoms with Gasteiger partial charge in [0.25, 0.3) is 11.1 Å². The SMILES string of the molecule is CC[C@@H](CCCn1ccc2cc(-c3ncc(C#N)c(N)n3)c(F)cc2c1=O)Nc1cn[nH]c(=O)c1C(F)(F)F. The van der Waals surface area contributed by atoms with Crippen LogP contribution in [-0.2, 0) is 12.7 Å². The van der Waals surface area contributed by atoms with Crippen LogP contribution in [0, 0.1) is 17.1 Å². The van der Waals surface area contributed by atoms with Crippen molar-refractivity contribution in [1.29, 1.82) is 5.26 Å². The van der Waals surface area contributed by atoms with Gasteiger partial charge < -0.3 is 15.6 Å². The van der Waals surface area contributed by atoms with Crippen molar-refractivity contribution in [3.63, 3.8) is 0 Å². The second kappa shape index (κ2) is 10.9. The number of aromatic amines is 1. The Labute approximate surface area is 218 Å². The second-order valence-electron chi connectivity index (χ2n) is 8.72. The van der Waals surface area contributed by atoms with Crippen LogP contribution in [-0.4, -0.2) is 30.8 Å². The number of anilines is 2. The summed E-state index contributed by atoms with van der Waals surface area (Å²) in [5.41, 5.74) is 2.22. The molecule has 14 heteroatoms. The van der Waals surface area contributed by atoms with E-state index >= 15 is 0 Å². The third-order valence-electron chi connectivity index (χ3n) is 6.19. The number of nitrogens with zero attached hydrogens (tertiary/aromatic N) is 5. The number of nitrogens with one attached hydrogen (secondary N) is 2. The molecule has 0 spiro atoms. The molecular formula is C25H22F4N8O2. The smallest absolute Gasteiger partial charge is 0.382 e. The molecule has 1 atom stereocenters. The molecule has 0 unspecified atom stereocenters. The molecule has 0 bridgehead atoms. The summed E-state index contributed by atoms with van der Waals surface area (Å²) in [7, 11) is 0. The Morgan fingerprint density at radius 1 is 1.26 bits per heavy atom. The van der Waals surface area contributed by atoms with Gasteiger partial charge in [0.2, 0.25) is 0 Å². The number of nitrogen functional groups attached to an aromatic ring is 1. The van der Waals surface area contributed by atoms with Gasteiger partial charge in [0.05, 0.1) is 29.0 Å². The number of benzene rings is 1. The second-order valence-corrected chi connectivity index (χ2v) is 8.72. The maximum absolute atomic E-state index is 14.9. The topological polar surface area (TPSA) is 155 Å². The van der Waals surface area contributed by atoms with E-state index in [0.29, 0.717) is 24.6 Å². The molecule has 39 heavy (non-hydrogen) atoms. The highest BCUT2D eigenvalue weighted by Gasteiger charge is 2.37. The summed E-state index contributed by atoms with van der Waals surface area (Å²) in [5.74, 6) is -0.872. The van der Waals surface area contributed by atoms with Gasteiger partial charge in [-0.2, -0.15) is 23.5 Å². The number of hydrogen-bond acceptors (Lipinski definition) is 8.